The van der Waals surface area contributed by atoms with Gasteiger partial charge in [0.15, 0.2) is 0 Å². The van der Waals surface area contributed by atoms with Crippen LogP contribution in [-0.2, 0) is 0 Å². The maximum Gasteiger partial charge on any atom is 0.124 e. The van der Waals surface area contributed by atoms with Gasteiger partial charge in [-0.3, -0.25) is 0 Å². The molecule has 0 aliphatic heterocycles. The lowest BCUT2D eigenvalue weighted by Gasteiger charge is -2.37. The molecular weight excluding hydrogens is 317 g/mol. The average molecular weight is 342 g/mol. The van der Waals surface area contributed by atoms with Crippen molar-refractivity contribution in [3.8, 4) is 0 Å². The van der Waals surface area contributed by atoms with Crippen LogP contribution in [0.25, 0.3) is 0 Å². The molecule has 0 bridgehead atoms. The van der Waals surface area contributed by atoms with Gasteiger partial charge in [0.1, 0.15) is 5.82 Å². The van der Waals surface area contributed by atoms with E-state index in [4.69, 9.17) is 0 Å². The van der Waals surface area contributed by atoms with Gasteiger partial charge in [-0.05, 0) is 54.8 Å². The van der Waals surface area contributed by atoms with Crippen LogP contribution in [0.2, 0.25) is 0 Å². The minimum atomic E-state index is -0.179. The Labute approximate surface area is 130 Å². The van der Waals surface area contributed by atoms with Gasteiger partial charge >= 0.3 is 0 Å². The Bertz CT molecular complexity index is 449. The zero-order valence-corrected chi connectivity index (χ0v) is 14.2. The predicted octanol–water partition coefficient (Wildman–Crippen LogP) is 5.31. The topological polar surface area (TPSA) is 12.0 Å². The molecule has 1 N–H and O–H groups in total. The number of halogens is 2. The van der Waals surface area contributed by atoms with Crippen LogP contribution < -0.4 is 5.32 Å². The van der Waals surface area contributed by atoms with Crippen LogP contribution in [0.15, 0.2) is 22.7 Å². The SMILES string of the molecule is CCNC(c1ccc(F)cc1Br)C1CCC(C)C(C)C1. The summed E-state index contributed by atoms with van der Waals surface area (Å²) in [5.74, 6) is 2.06. The molecule has 112 valence electrons. The summed E-state index contributed by atoms with van der Waals surface area (Å²) >= 11 is 3.53. The van der Waals surface area contributed by atoms with Crippen LogP contribution in [0.1, 0.15) is 51.6 Å². The minimum Gasteiger partial charge on any atom is -0.310 e. The van der Waals surface area contributed by atoms with Crippen molar-refractivity contribution in [1.82, 2.24) is 5.32 Å². The van der Waals surface area contributed by atoms with Gasteiger partial charge in [0.05, 0.1) is 0 Å². The van der Waals surface area contributed by atoms with E-state index in [-0.39, 0.29) is 5.82 Å². The van der Waals surface area contributed by atoms with Gasteiger partial charge in [-0.15, -0.1) is 0 Å². The third-order valence-corrected chi connectivity index (χ3v) is 5.52. The highest BCUT2D eigenvalue weighted by Crippen LogP contribution is 2.41. The summed E-state index contributed by atoms with van der Waals surface area (Å²) in [5, 5.41) is 3.61. The Balaban J connectivity index is 2.22. The number of hydrogen-bond acceptors (Lipinski definition) is 1. The molecule has 0 saturated heterocycles. The molecule has 2 rings (SSSR count). The fourth-order valence-electron chi connectivity index (χ4n) is 3.40. The molecule has 0 amide bonds. The molecule has 0 heterocycles. The molecule has 1 aromatic rings. The Morgan fingerprint density at radius 2 is 2.05 bits per heavy atom. The molecule has 4 unspecified atom stereocenters. The second-order valence-corrected chi connectivity index (χ2v) is 7.08. The molecule has 20 heavy (non-hydrogen) atoms. The van der Waals surface area contributed by atoms with Crippen LogP contribution in [0.4, 0.5) is 4.39 Å². The monoisotopic (exact) mass is 341 g/mol. The van der Waals surface area contributed by atoms with Crippen molar-refractivity contribution in [2.24, 2.45) is 17.8 Å². The molecule has 1 fully saturated rings. The van der Waals surface area contributed by atoms with Crippen LogP contribution in [0.5, 0.6) is 0 Å². The minimum absolute atomic E-state index is 0.179. The Morgan fingerprint density at radius 1 is 1.30 bits per heavy atom. The number of nitrogens with one attached hydrogen (secondary N) is 1. The van der Waals surface area contributed by atoms with E-state index in [0.717, 1.165) is 22.9 Å². The standard InChI is InChI=1S/C17H25BrFN/c1-4-20-17(13-6-5-11(2)12(3)9-13)15-8-7-14(19)10-16(15)18/h7-8,10-13,17,20H,4-6,9H2,1-3H3. The van der Waals surface area contributed by atoms with Gasteiger partial charge < -0.3 is 5.32 Å². The molecular formula is C17H25BrFN. The molecule has 0 radical (unpaired) electrons. The lowest BCUT2D eigenvalue weighted by Crippen LogP contribution is -2.33. The van der Waals surface area contributed by atoms with E-state index in [0.29, 0.717) is 12.0 Å². The van der Waals surface area contributed by atoms with Gasteiger partial charge in [0, 0.05) is 10.5 Å². The van der Waals surface area contributed by atoms with E-state index in [2.05, 4.69) is 42.0 Å². The van der Waals surface area contributed by atoms with Gasteiger partial charge in [-0.2, -0.15) is 0 Å². The highest BCUT2D eigenvalue weighted by atomic mass is 79.9. The number of hydrogen-bond donors (Lipinski definition) is 1. The number of benzene rings is 1. The quantitative estimate of drug-likeness (QED) is 0.782. The van der Waals surface area contributed by atoms with Crippen molar-refractivity contribution in [3.05, 3.63) is 34.1 Å². The third-order valence-electron chi connectivity index (χ3n) is 4.83. The summed E-state index contributed by atoms with van der Waals surface area (Å²) in [5.41, 5.74) is 1.19. The first kappa shape index (κ1) is 16.0. The van der Waals surface area contributed by atoms with Crippen molar-refractivity contribution in [1.29, 1.82) is 0 Å². The molecule has 4 atom stereocenters. The number of rotatable bonds is 4. The Morgan fingerprint density at radius 3 is 2.65 bits per heavy atom. The molecule has 1 nitrogen and oxygen atoms in total. The zero-order valence-electron chi connectivity index (χ0n) is 12.6. The second-order valence-electron chi connectivity index (χ2n) is 6.23. The first-order chi connectivity index (χ1) is 9.52. The van der Waals surface area contributed by atoms with E-state index >= 15 is 0 Å². The van der Waals surface area contributed by atoms with E-state index in [9.17, 15) is 4.39 Å². The van der Waals surface area contributed by atoms with Gasteiger partial charge in [-0.1, -0.05) is 49.2 Å². The Hall–Kier alpha value is -0.410. The highest BCUT2D eigenvalue weighted by Gasteiger charge is 2.31. The third kappa shape index (κ3) is 3.62. The maximum atomic E-state index is 13.3. The molecule has 1 saturated carbocycles. The average Bonchev–Trinajstić information content (AvgIpc) is 2.40. The van der Waals surface area contributed by atoms with E-state index in [1.807, 2.05) is 6.07 Å². The van der Waals surface area contributed by atoms with Gasteiger partial charge in [0.25, 0.3) is 0 Å². The van der Waals surface area contributed by atoms with E-state index in [1.165, 1.54) is 24.8 Å². The van der Waals surface area contributed by atoms with Crippen LogP contribution >= 0.6 is 15.9 Å². The summed E-state index contributed by atoms with van der Waals surface area (Å²) in [6, 6.07) is 5.40. The summed E-state index contributed by atoms with van der Waals surface area (Å²) in [7, 11) is 0. The molecule has 0 spiro atoms. The van der Waals surface area contributed by atoms with Gasteiger partial charge in [-0.25, -0.2) is 4.39 Å². The van der Waals surface area contributed by atoms with Crippen LogP contribution in [-0.4, -0.2) is 6.54 Å². The fraction of sp³-hybridized carbons (Fsp3) is 0.647. The normalized spacial score (nSPS) is 28.4. The first-order valence-electron chi connectivity index (χ1n) is 7.71. The first-order valence-corrected chi connectivity index (χ1v) is 8.50. The van der Waals surface area contributed by atoms with E-state index in [1.54, 1.807) is 12.1 Å². The lowest BCUT2D eigenvalue weighted by atomic mass is 9.72. The molecule has 1 aliphatic carbocycles. The smallest absolute Gasteiger partial charge is 0.124 e. The van der Waals surface area contributed by atoms with Crippen molar-refractivity contribution in [2.75, 3.05) is 6.54 Å². The lowest BCUT2D eigenvalue weighted by molar-refractivity contribution is 0.171. The largest absolute Gasteiger partial charge is 0.310 e. The molecule has 0 aromatic heterocycles. The van der Waals surface area contributed by atoms with Gasteiger partial charge in [0.2, 0.25) is 0 Å². The summed E-state index contributed by atoms with van der Waals surface area (Å²) in [4.78, 5) is 0. The van der Waals surface area contributed by atoms with Crippen molar-refractivity contribution in [3.63, 3.8) is 0 Å². The van der Waals surface area contributed by atoms with Crippen molar-refractivity contribution in [2.45, 2.75) is 46.1 Å². The fourth-order valence-corrected chi connectivity index (χ4v) is 3.99. The molecule has 3 heteroatoms. The summed E-state index contributed by atoms with van der Waals surface area (Å²) < 4.78 is 14.2. The Kier molecular flexibility index (Phi) is 5.62. The predicted molar refractivity (Wildman–Crippen MR) is 86.2 cm³/mol. The van der Waals surface area contributed by atoms with E-state index < -0.39 is 0 Å². The zero-order chi connectivity index (χ0) is 14.7. The van der Waals surface area contributed by atoms with Crippen LogP contribution in [0.3, 0.4) is 0 Å². The second kappa shape index (κ2) is 7.04. The molecule has 1 aromatic carbocycles. The molecule has 1 aliphatic rings. The maximum absolute atomic E-state index is 13.3. The van der Waals surface area contributed by atoms with Crippen LogP contribution in [0, 0.1) is 23.6 Å². The summed E-state index contributed by atoms with van der Waals surface area (Å²) in [6.07, 6.45) is 3.81. The summed E-state index contributed by atoms with van der Waals surface area (Å²) in [6.45, 7) is 7.80. The highest BCUT2D eigenvalue weighted by molar-refractivity contribution is 9.10. The van der Waals surface area contributed by atoms with Crippen molar-refractivity contribution < 1.29 is 4.39 Å². The van der Waals surface area contributed by atoms with Crippen molar-refractivity contribution >= 4 is 15.9 Å².